The first-order valence-corrected chi connectivity index (χ1v) is 5.50. The Labute approximate surface area is 86.7 Å². The number of rotatable bonds is 5. The minimum atomic E-state index is -0.0207. The van der Waals surface area contributed by atoms with Gasteiger partial charge in [-0.1, -0.05) is 6.92 Å². The van der Waals surface area contributed by atoms with Crippen LogP contribution in [0.3, 0.4) is 0 Å². The van der Waals surface area contributed by atoms with Gasteiger partial charge in [-0.15, -0.1) is 0 Å². The van der Waals surface area contributed by atoms with Crippen molar-refractivity contribution in [1.29, 1.82) is 0 Å². The molecular formula is C11H22O3. The number of hydrogen-bond acceptors (Lipinski definition) is 3. The molecule has 0 amide bonds. The lowest BCUT2D eigenvalue weighted by atomic mass is 9.88. The van der Waals surface area contributed by atoms with Gasteiger partial charge in [0.1, 0.15) is 0 Å². The molecule has 14 heavy (non-hydrogen) atoms. The predicted octanol–water partition coefficient (Wildman–Crippen LogP) is 2.06. The fourth-order valence-corrected chi connectivity index (χ4v) is 2.14. The van der Waals surface area contributed by atoms with Crippen LogP contribution in [0.5, 0.6) is 0 Å². The molecule has 3 heteroatoms. The van der Waals surface area contributed by atoms with E-state index in [1.54, 1.807) is 7.11 Å². The van der Waals surface area contributed by atoms with Gasteiger partial charge in [0.2, 0.25) is 0 Å². The lowest BCUT2D eigenvalue weighted by molar-refractivity contribution is -0.128. The number of methoxy groups -OCH3 is 1. The SMILES string of the molecule is CCOC1OCC(C(C)OC)C1CC. The smallest absolute Gasteiger partial charge is 0.160 e. The van der Waals surface area contributed by atoms with Gasteiger partial charge in [-0.05, 0) is 20.3 Å². The zero-order valence-corrected chi connectivity index (χ0v) is 9.66. The molecule has 0 saturated carbocycles. The summed E-state index contributed by atoms with van der Waals surface area (Å²) in [6, 6.07) is 0. The zero-order valence-electron chi connectivity index (χ0n) is 9.66. The van der Waals surface area contributed by atoms with Gasteiger partial charge in [-0.2, -0.15) is 0 Å². The summed E-state index contributed by atoms with van der Waals surface area (Å²) in [6.45, 7) is 7.77. The van der Waals surface area contributed by atoms with E-state index in [-0.39, 0.29) is 12.4 Å². The van der Waals surface area contributed by atoms with E-state index in [0.717, 1.165) is 19.6 Å². The first-order valence-electron chi connectivity index (χ1n) is 5.50. The van der Waals surface area contributed by atoms with Gasteiger partial charge in [-0.3, -0.25) is 0 Å². The maximum absolute atomic E-state index is 5.63. The van der Waals surface area contributed by atoms with Crippen molar-refractivity contribution in [3.8, 4) is 0 Å². The largest absolute Gasteiger partial charge is 0.381 e. The van der Waals surface area contributed by atoms with Crippen molar-refractivity contribution >= 4 is 0 Å². The quantitative estimate of drug-likeness (QED) is 0.683. The van der Waals surface area contributed by atoms with Crippen LogP contribution < -0.4 is 0 Å². The monoisotopic (exact) mass is 202 g/mol. The zero-order chi connectivity index (χ0) is 10.6. The van der Waals surface area contributed by atoms with Gasteiger partial charge in [0, 0.05) is 25.6 Å². The number of hydrogen-bond donors (Lipinski definition) is 0. The molecular weight excluding hydrogens is 180 g/mol. The van der Waals surface area contributed by atoms with E-state index >= 15 is 0 Å². The van der Waals surface area contributed by atoms with Gasteiger partial charge >= 0.3 is 0 Å². The van der Waals surface area contributed by atoms with E-state index in [9.17, 15) is 0 Å². The summed E-state index contributed by atoms with van der Waals surface area (Å²) in [5, 5.41) is 0. The van der Waals surface area contributed by atoms with Crippen molar-refractivity contribution in [2.75, 3.05) is 20.3 Å². The van der Waals surface area contributed by atoms with E-state index < -0.39 is 0 Å². The highest BCUT2D eigenvalue weighted by Crippen LogP contribution is 2.33. The molecule has 0 spiro atoms. The highest BCUT2D eigenvalue weighted by Gasteiger charge is 2.39. The fourth-order valence-electron chi connectivity index (χ4n) is 2.14. The van der Waals surface area contributed by atoms with Gasteiger partial charge in [0.05, 0.1) is 12.7 Å². The molecule has 0 aromatic carbocycles. The third kappa shape index (κ3) is 2.47. The second kappa shape index (κ2) is 5.69. The molecule has 0 aliphatic carbocycles. The molecule has 1 fully saturated rings. The van der Waals surface area contributed by atoms with Crippen LogP contribution in [0, 0.1) is 11.8 Å². The Bertz CT molecular complexity index is 161. The standard InChI is InChI=1S/C11H22O3/c1-5-9-10(8(3)12-4)7-14-11(9)13-6-2/h8-11H,5-7H2,1-4H3. The van der Waals surface area contributed by atoms with E-state index in [1.165, 1.54) is 0 Å². The Morgan fingerprint density at radius 2 is 2.14 bits per heavy atom. The van der Waals surface area contributed by atoms with Crippen LogP contribution in [-0.2, 0) is 14.2 Å². The molecule has 1 saturated heterocycles. The fraction of sp³-hybridized carbons (Fsp3) is 1.00. The van der Waals surface area contributed by atoms with Crippen molar-refractivity contribution in [2.45, 2.75) is 39.6 Å². The molecule has 1 rings (SSSR count). The average molecular weight is 202 g/mol. The summed E-state index contributed by atoms with van der Waals surface area (Å²) in [4.78, 5) is 0. The molecule has 0 N–H and O–H groups in total. The molecule has 1 aliphatic rings. The van der Waals surface area contributed by atoms with Crippen molar-refractivity contribution < 1.29 is 14.2 Å². The van der Waals surface area contributed by atoms with Crippen molar-refractivity contribution in [3.63, 3.8) is 0 Å². The van der Waals surface area contributed by atoms with Crippen molar-refractivity contribution in [3.05, 3.63) is 0 Å². The minimum absolute atomic E-state index is 0.0207. The summed E-state index contributed by atoms with van der Waals surface area (Å²) in [6.07, 6.45) is 1.32. The summed E-state index contributed by atoms with van der Waals surface area (Å²) < 4.78 is 16.5. The van der Waals surface area contributed by atoms with Crippen LogP contribution in [0.4, 0.5) is 0 Å². The van der Waals surface area contributed by atoms with Crippen molar-refractivity contribution in [2.24, 2.45) is 11.8 Å². The molecule has 1 heterocycles. The van der Waals surface area contributed by atoms with Crippen LogP contribution >= 0.6 is 0 Å². The van der Waals surface area contributed by atoms with Gasteiger partial charge < -0.3 is 14.2 Å². The van der Waals surface area contributed by atoms with E-state index in [0.29, 0.717) is 11.8 Å². The average Bonchev–Trinajstić information content (AvgIpc) is 2.60. The minimum Gasteiger partial charge on any atom is -0.381 e. The van der Waals surface area contributed by atoms with Crippen LogP contribution in [0.1, 0.15) is 27.2 Å². The van der Waals surface area contributed by atoms with E-state index in [2.05, 4.69) is 13.8 Å². The topological polar surface area (TPSA) is 27.7 Å². The summed E-state index contributed by atoms with van der Waals surface area (Å²) in [5.41, 5.74) is 0. The Hall–Kier alpha value is -0.120. The van der Waals surface area contributed by atoms with Gasteiger partial charge in [0.15, 0.2) is 6.29 Å². The predicted molar refractivity (Wildman–Crippen MR) is 55.1 cm³/mol. The van der Waals surface area contributed by atoms with Crippen LogP contribution in [0.15, 0.2) is 0 Å². The molecule has 84 valence electrons. The number of ether oxygens (including phenoxy) is 3. The maximum Gasteiger partial charge on any atom is 0.160 e. The van der Waals surface area contributed by atoms with Crippen LogP contribution in [0.2, 0.25) is 0 Å². The Kier molecular flexibility index (Phi) is 4.85. The normalized spacial score (nSPS) is 34.7. The summed E-state index contributed by atoms with van der Waals surface area (Å²) in [7, 11) is 1.76. The lowest BCUT2D eigenvalue weighted by Gasteiger charge is -2.24. The lowest BCUT2D eigenvalue weighted by Crippen LogP contribution is -2.29. The molecule has 1 aliphatic heterocycles. The van der Waals surface area contributed by atoms with Gasteiger partial charge in [-0.25, -0.2) is 0 Å². The molecule has 0 bridgehead atoms. The Morgan fingerprint density at radius 1 is 1.43 bits per heavy atom. The summed E-state index contributed by atoms with van der Waals surface area (Å²) in [5.74, 6) is 0.950. The van der Waals surface area contributed by atoms with Crippen LogP contribution in [0.25, 0.3) is 0 Å². The third-order valence-electron chi connectivity index (χ3n) is 3.13. The second-order valence-electron chi connectivity index (χ2n) is 3.83. The van der Waals surface area contributed by atoms with Gasteiger partial charge in [0.25, 0.3) is 0 Å². The third-order valence-corrected chi connectivity index (χ3v) is 3.13. The Morgan fingerprint density at radius 3 is 2.64 bits per heavy atom. The molecule has 0 aromatic rings. The first-order chi connectivity index (χ1) is 6.74. The molecule has 4 unspecified atom stereocenters. The Balaban J connectivity index is 2.54. The molecule has 0 radical (unpaired) electrons. The highest BCUT2D eigenvalue weighted by atomic mass is 16.7. The van der Waals surface area contributed by atoms with Crippen molar-refractivity contribution in [1.82, 2.24) is 0 Å². The van der Waals surface area contributed by atoms with E-state index in [1.807, 2.05) is 6.92 Å². The molecule has 4 atom stereocenters. The second-order valence-corrected chi connectivity index (χ2v) is 3.83. The molecule has 3 nitrogen and oxygen atoms in total. The maximum atomic E-state index is 5.63. The highest BCUT2D eigenvalue weighted by molar-refractivity contribution is 4.82. The molecule has 0 aromatic heterocycles. The van der Waals surface area contributed by atoms with E-state index in [4.69, 9.17) is 14.2 Å². The van der Waals surface area contributed by atoms with Crippen LogP contribution in [-0.4, -0.2) is 32.7 Å². The first kappa shape index (κ1) is 12.0. The summed E-state index contributed by atoms with van der Waals surface area (Å²) >= 11 is 0.